The molecule has 0 bridgehead atoms. The van der Waals surface area contributed by atoms with E-state index in [1.807, 2.05) is 49.0 Å². The molecule has 0 unspecified atom stereocenters. The van der Waals surface area contributed by atoms with Crippen molar-refractivity contribution in [2.45, 2.75) is 19.9 Å². The number of hydrogen-bond acceptors (Lipinski definition) is 3. The molecule has 0 saturated heterocycles. The van der Waals surface area contributed by atoms with Gasteiger partial charge in [0.15, 0.2) is 0 Å². The van der Waals surface area contributed by atoms with Gasteiger partial charge in [-0.2, -0.15) is 0 Å². The molecule has 0 aliphatic rings. The molecule has 0 radical (unpaired) electrons. The van der Waals surface area contributed by atoms with Crippen molar-refractivity contribution in [3.63, 3.8) is 0 Å². The van der Waals surface area contributed by atoms with Crippen molar-refractivity contribution in [1.82, 2.24) is 14.9 Å². The molecule has 5 nitrogen and oxygen atoms in total. The van der Waals surface area contributed by atoms with Gasteiger partial charge in [0.1, 0.15) is 5.82 Å². The fraction of sp³-hybridized carbons (Fsp3) is 0.333. The van der Waals surface area contributed by atoms with Gasteiger partial charge in [-0.25, -0.2) is 4.98 Å². The molecule has 106 valence electrons. The molecule has 0 aliphatic carbocycles. The molecule has 2 rings (SSSR count). The quantitative estimate of drug-likeness (QED) is 0.847. The molecule has 0 fully saturated rings. The first-order chi connectivity index (χ1) is 9.70. The Bertz CT molecular complexity index is 577. The first-order valence-electron chi connectivity index (χ1n) is 6.79. The summed E-state index contributed by atoms with van der Waals surface area (Å²) in [7, 11) is 1.96. The van der Waals surface area contributed by atoms with Crippen LogP contribution < -0.4 is 10.6 Å². The fourth-order valence-electron chi connectivity index (χ4n) is 1.86. The molecular formula is C15H20N4O. The highest BCUT2D eigenvalue weighted by Crippen LogP contribution is 2.11. The second-order valence-corrected chi connectivity index (χ2v) is 4.64. The highest BCUT2D eigenvalue weighted by Gasteiger charge is 2.05. The lowest BCUT2D eigenvalue weighted by Crippen LogP contribution is -2.23. The van der Waals surface area contributed by atoms with Crippen LogP contribution in [0.2, 0.25) is 0 Å². The maximum Gasteiger partial charge on any atom is 0.251 e. The number of nitrogens with one attached hydrogen (secondary N) is 2. The van der Waals surface area contributed by atoms with E-state index >= 15 is 0 Å². The first kappa shape index (κ1) is 14.1. The third kappa shape index (κ3) is 3.60. The number of benzene rings is 1. The predicted octanol–water partition coefficient (Wildman–Crippen LogP) is 2.17. The topological polar surface area (TPSA) is 59.0 Å². The summed E-state index contributed by atoms with van der Waals surface area (Å²) in [4.78, 5) is 16.1. The van der Waals surface area contributed by atoms with E-state index in [4.69, 9.17) is 0 Å². The van der Waals surface area contributed by atoms with Crippen LogP contribution in [0.25, 0.3) is 0 Å². The Kier molecular flexibility index (Phi) is 4.76. The Balaban J connectivity index is 1.99. The molecule has 0 saturated carbocycles. The molecule has 2 N–H and O–H groups in total. The number of aromatic nitrogens is 2. The van der Waals surface area contributed by atoms with Crippen molar-refractivity contribution in [2.24, 2.45) is 7.05 Å². The summed E-state index contributed by atoms with van der Waals surface area (Å²) in [6.45, 7) is 3.36. The van der Waals surface area contributed by atoms with E-state index in [-0.39, 0.29) is 5.91 Å². The van der Waals surface area contributed by atoms with E-state index < -0.39 is 0 Å². The largest absolute Gasteiger partial charge is 0.378 e. The summed E-state index contributed by atoms with van der Waals surface area (Å²) in [6, 6.07) is 7.49. The molecule has 0 spiro atoms. The SMILES string of the molecule is CCCNC(=O)c1cccc(NCc2nccn2C)c1. The molecule has 1 heterocycles. The summed E-state index contributed by atoms with van der Waals surface area (Å²) in [5.41, 5.74) is 1.58. The predicted molar refractivity (Wildman–Crippen MR) is 79.6 cm³/mol. The van der Waals surface area contributed by atoms with Crippen molar-refractivity contribution in [2.75, 3.05) is 11.9 Å². The average molecular weight is 272 g/mol. The zero-order chi connectivity index (χ0) is 14.4. The number of amides is 1. The molecule has 1 amide bonds. The second kappa shape index (κ2) is 6.75. The highest BCUT2D eigenvalue weighted by molar-refractivity contribution is 5.95. The van der Waals surface area contributed by atoms with Gasteiger partial charge in [-0.05, 0) is 24.6 Å². The summed E-state index contributed by atoms with van der Waals surface area (Å²) >= 11 is 0. The summed E-state index contributed by atoms with van der Waals surface area (Å²) < 4.78 is 1.96. The summed E-state index contributed by atoms with van der Waals surface area (Å²) in [5, 5.41) is 6.15. The van der Waals surface area contributed by atoms with Crippen LogP contribution in [0.15, 0.2) is 36.7 Å². The zero-order valence-electron chi connectivity index (χ0n) is 11.9. The van der Waals surface area contributed by atoms with Gasteiger partial charge in [0.2, 0.25) is 0 Å². The third-order valence-corrected chi connectivity index (χ3v) is 3.03. The third-order valence-electron chi connectivity index (χ3n) is 3.03. The minimum atomic E-state index is -0.0347. The number of imidazole rings is 1. The monoisotopic (exact) mass is 272 g/mol. The van der Waals surface area contributed by atoms with Crippen LogP contribution in [0.5, 0.6) is 0 Å². The Morgan fingerprint density at radius 3 is 2.95 bits per heavy atom. The Morgan fingerprint density at radius 2 is 2.25 bits per heavy atom. The second-order valence-electron chi connectivity index (χ2n) is 4.64. The highest BCUT2D eigenvalue weighted by atomic mass is 16.1. The lowest BCUT2D eigenvalue weighted by molar-refractivity contribution is 0.0953. The van der Waals surface area contributed by atoms with Crippen LogP contribution in [-0.4, -0.2) is 22.0 Å². The molecule has 0 atom stereocenters. The van der Waals surface area contributed by atoms with Crippen LogP contribution in [0.3, 0.4) is 0 Å². The van der Waals surface area contributed by atoms with Crippen LogP contribution in [-0.2, 0) is 13.6 Å². The van der Waals surface area contributed by atoms with Crippen molar-refractivity contribution in [3.05, 3.63) is 48.0 Å². The molecule has 5 heteroatoms. The summed E-state index contributed by atoms with van der Waals surface area (Å²) in [6.07, 6.45) is 4.61. The number of hydrogen-bond donors (Lipinski definition) is 2. The Morgan fingerprint density at radius 1 is 1.40 bits per heavy atom. The molecular weight excluding hydrogens is 252 g/mol. The van der Waals surface area contributed by atoms with Crippen LogP contribution >= 0.6 is 0 Å². The van der Waals surface area contributed by atoms with Crippen molar-refractivity contribution < 1.29 is 4.79 Å². The smallest absolute Gasteiger partial charge is 0.251 e. The van der Waals surface area contributed by atoms with E-state index in [0.29, 0.717) is 18.7 Å². The van der Waals surface area contributed by atoms with Gasteiger partial charge in [-0.1, -0.05) is 13.0 Å². The minimum Gasteiger partial charge on any atom is -0.378 e. The molecule has 0 aliphatic heterocycles. The van der Waals surface area contributed by atoms with Gasteiger partial charge in [-0.15, -0.1) is 0 Å². The average Bonchev–Trinajstić information content (AvgIpc) is 2.88. The molecule has 2 aromatic rings. The minimum absolute atomic E-state index is 0.0347. The van der Waals surface area contributed by atoms with Gasteiger partial charge in [0, 0.05) is 37.2 Å². The van der Waals surface area contributed by atoms with Gasteiger partial charge in [0.25, 0.3) is 5.91 Å². The van der Waals surface area contributed by atoms with Gasteiger partial charge in [-0.3, -0.25) is 4.79 Å². The van der Waals surface area contributed by atoms with Crippen LogP contribution in [0, 0.1) is 0 Å². The van der Waals surface area contributed by atoms with E-state index in [1.165, 1.54) is 0 Å². The van der Waals surface area contributed by atoms with Crippen LogP contribution in [0.1, 0.15) is 29.5 Å². The number of carbonyl (C=O) groups is 1. The first-order valence-corrected chi connectivity index (χ1v) is 6.79. The fourth-order valence-corrected chi connectivity index (χ4v) is 1.86. The van der Waals surface area contributed by atoms with Gasteiger partial charge < -0.3 is 15.2 Å². The Hall–Kier alpha value is -2.30. The van der Waals surface area contributed by atoms with Gasteiger partial charge >= 0.3 is 0 Å². The van der Waals surface area contributed by atoms with Crippen molar-refractivity contribution >= 4 is 11.6 Å². The number of anilines is 1. The maximum absolute atomic E-state index is 11.9. The van der Waals surface area contributed by atoms with Crippen LogP contribution in [0.4, 0.5) is 5.69 Å². The number of carbonyl (C=O) groups excluding carboxylic acids is 1. The maximum atomic E-state index is 11.9. The summed E-state index contributed by atoms with van der Waals surface area (Å²) in [5.74, 6) is 0.915. The van der Waals surface area contributed by atoms with E-state index in [2.05, 4.69) is 15.6 Å². The number of nitrogens with zero attached hydrogens (tertiary/aromatic N) is 2. The van der Waals surface area contributed by atoms with E-state index in [0.717, 1.165) is 17.9 Å². The van der Waals surface area contributed by atoms with Gasteiger partial charge in [0.05, 0.1) is 6.54 Å². The standard InChI is InChI=1S/C15H20N4O/c1-3-7-17-15(20)12-5-4-6-13(10-12)18-11-14-16-8-9-19(14)2/h4-6,8-10,18H,3,7,11H2,1-2H3,(H,17,20). The molecule has 20 heavy (non-hydrogen) atoms. The number of rotatable bonds is 6. The molecule has 1 aromatic heterocycles. The lowest BCUT2D eigenvalue weighted by atomic mass is 10.2. The van der Waals surface area contributed by atoms with Crippen molar-refractivity contribution in [1.29, 1.82) is 0 Å². The van der Waals surface area contributed by atoms with Crippen molar-refractivity contribution in [3.8, 4) is 0 Å². The lowest BCUT2D eigenvalue weighted by Gasteiger charge is -2.09. The normalized spacial score (nSPS) is 10.3. The Labute approximate surface area is 119 Å². The molecule has 1 aromatic carbocycles. The zero-order valence-corrected chi connectivity index (χ0v) is 11.9. The van der Waals surface area contributed by atoms with E-state index in [9.17, 15) is 4.79 Å². The number of aryl methyl sites for hydroxylation is 1. The van der Waals surface area contributed by atoms with E-state index in [1.54, 1.807) is 6.20 Å².